The van der Waals surface area contributed by atoms with Gasteiger partial charge in [0.05, 0.1) is 13.2 Å². The second-order valence-electron chi connectivity index (χ2n) is 3.78. The monoisotopic (exact) mass is 228 g/mol. The zero-order valence-electron chi connectivity index (χ0n) is 9.66. The number of rotatable bonds is 7. The molecule has 0 aromatic heterocycles. The number of amides is 1. The molecule has 1 aliphatic rings. The van der Waals surface area contributed by atoms with Crippen LogP contribution in [0.15, 0.2) is 4.99 Å². The Morgan fingerprint density at radius 1 is 1.56 bits per heavy atom. The van der Waals surface area contributed by atoms with Crippen LogP contribution in [-0.2, 0) is 9.53 Å². The van der Waals surface area contributed by atoms with Gasteiger partial charge in [0.1, 0.15) is 0 Å². The fourth-order valence-corrected chi connectivity index (χ4v) is 1.14. The van der Waals surface area contributed by atoms with Crippen molar-refractivity contribution in [2.45, 2.75) is 25.3 Å². The normalized spacial score (nSPS) is 15.9. The van der Waals surface area contributed by atoms with Crippen molar-refractivity contribution in [1.29, 1.82) is 0 Å². The topological polar surface area (TPSA) is 88.7 Å². The molecule has 1 saturated carbocycles. The van der Waals surface area contributed by atoms with Gasteiger partial charge in [-0.05, 0) is 12.8 Å². The van der Waals surface area contributed by atoms with Gasteiger partial charge in [-0.3, -0.25) is 9.79 Å². The molecule has 4 N–H and O–H groups in total. The van der Waals surface area contributed by atoms with Crippen LogP contribution in [0.3, 0.4) is 0 Å². The third-order valence-corrected chi connectivity index (χ3v) is 2.18. The highest BCUT2D eigenvalue weighted by molar-refractivity contribution is 5.79. The zero-order chi connectivity index (χ0) is 11.8. The molecule has 0 unspecified atom stereocenters. The van der Waals surface area contributed by atoms with E-state index in [2.05, 4.69) is 15.6 Å². The third kappa shape index (κ3) is 6.23. The third-order valence-electron chi connectivity index (χ3n) is 2.18. The summed E-state index contributed by atoms with van der Waals surface area (Å²) >= 11 is 0. The van der Waals surface area contributed by atoms with Gasteiger partial charge in [-0.25, -0.2) is 0 Å². The molecule has 0 aromatic carbocycles. The molecule has 0 bridgehead atoms. The molecule has 0 saturated heterocycles. The zero-order valence-corrected chi connectivity index (χ0v) is 9.66. The molecule has 0 heterocycles. The highest BCUT2D eigenvalue weighted by Gasteiger charge is 2.21. The Bertz CT molecular complexity index is 251. The van der Waals surface area contributed by atoms with Crippen LogP contribution in [-0.4, -0.2) is 44.7 Å². The van der Waals surface area contributed by atoms with E-state index in [9.17, 15) is 4.79 Å². The molecule has 0 atom stereocenters. The second kappa shape index (κ2) is 7.05. The summed E-state index contributed by atoms with van der Waals surface area (Å²) in [6.45, 7) is 1.49. The number of ether oxygens (including phenoxy) is 1. The van der Waals surface area contributed by atoms with Crippen molar-refractivity contribution in [2.75, 3.05) is 26.8 Å². The van der Waals surface area contributed by atoms with Crippen molar-refractivity contribution in [1.82, 2.24) is 10.6 Å². The minimum atomic E-state index is -0.0278. The molecule has 6 nitrogen and oxygen atoms in total. The van der Waals surface area contributed by atoms with E-state index >= 15 is 0 Å². The molecule has 0 aliphatic heterocycles. The molecule has 16 heavy (non-hydrogen) atoms. The molecular weight excluding hydrogens is 208 g/mol. The average molecular weight is 228 g/mol. The molecule has 0 aromatic rings. The largest absolute Gasteiger partial charge is 0.383 e. The van der Waals surface area contributed by atoms with E-state index in [-0.39, 0.29) is 5.91 Å². The van der Waals surface area contributed by atoms with Crippen LogP contribution in [0.25, 0.3) is 0 Å². The Hall–Kier alpha value is -1.30. The van der Waals surface area contributed by atoms with E-state index in [1.807, 2.05) is 0 Å². The van der Waals surface area contributed by atoms with Gasteiger partial charge in [-0.15, -0.1) is 0 Å². The molecule has 1 aliphatic carbocycles. The first-order valence-electron chi connectivity index (χ1n) is 5.54. The molecule has 1 fully saturated rings. The summed E-state index contributed by atoms with van der Waals surface area (Å²) in [5, 5.41) is 5.77. The Morgan fingerprint density at radius 3 is 2.94 bits per heavy atom. The van der Waals surface area contributed by atoms with E-state index in [0.717, 1.165) is 12.8 Å². The number of methoxy groups -OCH3 is 1. The van der Waals surface area contributed by atoms with E-state index in [1.165, 1.54) is 0 Å². The van der Waals surface area contributed by atoms with E-state index in [0.29, 0.717) is 38.1 Å². The van der Waals surface area contributed by atoms with Crippen LogP contribution >= 0.6 is 0 Å². The predicted octanol–water partition coefficient (Wildman–Crippen LogP) is -0.794. The van der Waals surface area contributed by atoms with Crippen LogP contribution in [0, 0.1) is 0 Å². The van der Waals surface area contributed by atoms with Crippen molar-refractivity contribution < 1.29 is 9.53 Å². The smallest absolute Gasteiger partial charge is 0.221 e. The highest BCUT2D eigenvalue weighted by Crippen LogP contribution is 2.17. The number of nitrogens with one attached hydrogen (secondary N) is 2. The van der Waals surface area contributed by atoms with Gasteiger partial charge < -0.3 is 21.1 Å². The van der Waals surface area contributed by atoms with Crippen molar-refractivity contribution in [3.63, 3.8) is 0 Å². The first-order valence-corrected chi connectivity index (χ1v) is 5.54. The number of carbonyl (C=O) groups is 1. The predicted molar refractivity (Wildman–Crippen MR) is 62.1 cm³/mol. The number of nitrogens with two attached hydrogens (primary N) is 1. The quantitative estimate of drug-likeness (QED) is 0.302. The van der Waals surface area contributed by atoms with Crippen LogP contribution in [0.4, 0.5) is 0 Å². The van der Waals surface area contributed by atoms with Crippen molar-refractivity contribution >= 4 is 11.9 Å². The van der Waals surface area contributed by atoms with E-state index in [4.69, 9.17) is 10.5 Å². The Labute approximate surface area is 95.6 Å². The lowest BCUT2D eigenvalue weighted by Gasteiger charge is -2.04. The summed E-state index contributed by atoms with van der Waals surface area (Å²) in [5.41, 5.74) is 5.61. The van der Waals surface area contributed by atoms with Crippen molar-refractivity contribution in [2.24, 2.45) is 10.7 Å². The minimum absolute atomic E-state index is 0.0278. The fraction of sp³-hybridized carbons (Fsp3) is 0.800. The summed E-state index contributed by atoms with van der Waals surface area (Å²) in [6.07, 6.45) is 2.68. The summed E-state index contributed by atoms with van der Waals surface area (Å²) in [5.74, 6) is 0.409. The van der Waals surface area contributed by atoms with E-state index in [1.54, 1.807) is 7.11 Å². The maximum Gasteiger partial charge on any atom is 0.221 e. The SMILES string of the molecule is COCCNC(=O)CCN=C(N)NC1CC1. The van der Waals surface area contributed by atoms with Gasteiger partial charge in [0, 0.05) is 26.1 Å². The minimum Gasteiger partial charge on any atom is -0.383 e. The number of hydrogen-bond donors (Lipinski definition) is 3. The maximum atomic E-state index is 11.2. The number of carbonyl (C=O) groups excluding carboxylic acids is 1. The lowest BCUT2D eigenvalue weighted by atomic mass is 10.4. The second-order valence-corrected chi connectivity index (χ2v) is 3.78. The lowest BCUT2D eigenvalue weighted by molar-refractivity contribution is -0.121. The van der Waals surface area contributed by atoms with Crippen LogP contribution < -0.4 is 16.4 Å². The molecule has 1 rings (SSSR count). The molecule has 6 heteroatoms. The summed E-state index contributed by atoms with van der Waals surface area (Å²) in [7, 11) is 1.60. The molecule has 92 valence electrons. The number of hydrogen-bond acceptors (Lipinski definition) is 3. The van der Waals surface area contributed by atoms with Gasteiger partial charge in [0.25, 0.3) is 0 Å². The summed E-state index contributed by atoms with van der Waals surface area (Å²) < 4.78 is 4.81. The van der Waals surface area contributed by atoms with Crippen LogP contribution in [0.5, 0.6) is 0 Å². The molecule has 0 radical (unpaired) electrons. The Balaban J connectivity index is 2.01. The van der Waals surface area contributed by atoms with Gasteiger partial charge >= 0.3 is 0 Å². The first-order chi connectivity index (χ1) is 7.72. The number of nitrogens with zero attached hydrogens (tertiary/aromatic N) is 1. The average Bonchev–Trinajstić information content (AvgIpc) is 3.02. The van der Waals surface area contributed by atoms with Gasteiger partial charge in [-0.2, -0.15) is 0 Å². The van der Waals surface area contributed by atoms with E-state index < -0.39 is 0 Å². The van der Waals surface area contributed by atoms with Crippen LogP contribution in [0.1, 0.15) is 19.3 Å². The summed E-state index contributed by atoms with van der Waals surface area (Å²) in [4.78, 5) is 15.3. The Kier molecular flexibility index (Phi) is 5.63. The van der Waals surface area contributed by atoms with Crippen molar-refractivity contribution in [3.05, 3.63) is 0 Å². The van der Waals surface area contributed by atoms with Crippen molar-refractivity contribution in [3.8, 4) is 0 Å². The standard InChI is InChI=1S/C10H20N4O2/c1-16-7-6-12-9(15)4-5-13-10(11)14-8-2-3-8/h8H,2-7H2,1H3,(H,12,15)(H3,11,13,14). The summed E-state index contributed by atoms with van der Waals surface area (Å²) in [6, 6.07) is 0.499. The van der Waals surface area contributed by atoms with Gasteiger partial charge in [-0.1, -0.05) is 0 Å². The lowest BCUT2D eigenvalue weighted by Crippen LogP contribution is -2.34. The first kappa shape index (κ1) is 12.8. The van der Waals surface area contributed by atoms with Gasteiger partial charge in [0.15, 0.2) is 5.96 Å². The Morgan fingerprint density at radius 2 is 2.31 bits per heavy atom. The van der Waals surface area contributed by atoms with Crippen LogP contribution in [0.2, 0.25) is 0 Å². The fourth-order valence-electron chi connectivity index (χ4n) is 1.14. The maximum absolute atomic E-state index is 11.2. The van der Waals surface area contributed by atoms with Gasteiger partial charge in [0.2, 0.25) is 5.91 Å². The molecule has 1 amide bonds. The molecule has 0 spiro atoms. The molecular formula is C10H20N4O2. The highest BCUT2D eigenvalue weighted by atomic mass is 16.5. The number of aliphatic imine (C=N–C) groups is 1. The number of guanidine groups is 1.